The number of aromatic nitrogens is 7. The van der Waals surface area contributed by atoms with Crippen molar-refractivity contribution in [2.24, 2.45) is 0 Å². The Morgan fingerprint density at radius 2 is 2.23 bits per heavy atom. The van der Waals surface area contributed by atoms with Crippen LogP contribution in [0.5, 0.6) is 0 Å². The summed E-state index contributed by atoms with van der Waals surface area (Å²) in [6.07, 6.45) is 5.27. The Morgan fingerprint density at radius 3 is 2.95 bits per heavy atom. The third-order valence-corrected chi connectivity index (χ3v) is 3.33. The highest BCUT2D eigenvalue weighted by molar-refractivity contribution is 5.65. The second-order valence-corrected chi connectivity index (χ2v) is 4.80. The lowest BCUT2D eigenvalue weighted by atomic mass is 10.2. The topological polar surface area (TPSA) is 124 Å². The monoisotopic (exact) mass is 296 g/mol. The van der Waals surface area contributed by atoms with Crippen LogP contribution >= 0.6 is 0 Å². The largest absolute Gasteiger partial charge is 0.443 e. The molecule has 22 heavy (non-hydrogen) atoms. The predicted molar refractivity (Wildman–Crippen MR) is 76.8 cm³/mol. The standard InChI is InChI=1S/C13H12N8O/c1-7-10(12-15-4-5-22-12)18-13(14)21-11(7)17-9(20-21)6-8-2-3-16-19-8/h2-5H,6H2,1H3,(H2,14,18)(H,16,19). The van der Waals surface area contributed by atoms with Gasteiger partial charge in [0.05, 0.1) is 12.6 Å². The first kappa shape index (κ1) is 12.5. The molecule has 0 radical (unpaired) electrons. The van der Waals surface area contributed by atoms with Crippen LogP contribution in [0.1, 0.15) is 17.1 Å². The van der Waals surface area contributed by atoms with Crippen molar-refractivity contribution in [2.45, 2.75) is 13.3 Å². The number of hydrogen-bond acceptors (Lipinski definition) is 7. The normalized spacial score (nSPS) is 11.3. The zero-order chi connectivity index (χ0) is 15.1. The number of aryl methyl sites for hydroxylation is 1. The van der Waals surface area contributed by atoms with Crippen molar-refractivity contribution < 1.29 is 4.42 Å². The van der Waals surface area contributed by atoms with Crippen molar-refractivity contribution in [1.29, 1.82) is 0 Å². The van der Waals surface area contributed by atoms with E-state index in [0.29, 0.717) is 29.5 Å². The number of H-pyrrole nitrogens is 1. The molecule has 0 amide bonds. The molecule has 9 nitrogen and oxygen atoms in total. The third-order valence-electron chi connectivity index (χ3n) is 3.33. The molecule has 0 aliphatic heterocycles. The van der Waals surface area contributed by atoms with Gasteiger partial charge in [-0.25, -0.2) is 15.0 Å². The zero-order valence-electron chi connectivity index (χ0n) is 11.7. The summed E-state index contributed by atoms with van der Waals surface area (Å²) in [5.41, 5.74) is 8.91. The van der Waals surface area contributed by atoms with Crippen molar-refractivity contribution in [3.05, 3.63) is 41.8 Å². The van der Waals surface area contributed by atoms with Crippen LogP contribution in [0, 0.1) is 6.92 Å². The Morgan fingerprint density at radius 1 is 1.32 bits per heavy atom. The van der Waals surface area contributed by atoms with Crippen LogP contribution in [0.3, 0.4) is 0 Å². The SMILES string of the molecule is Cc1c(-c2ncco2)nc(N)n2nc(Cc3ccn[nH]3)nc12. The fraction of sp³-hybridized carbons (Fsp3) is 0.154. The Bertz CT molecular complexity index is 923. The first-order valence-corrected chi connectivity index (χ1v) is 6.62. The maximum absolute atomic E-state index is 5.98. The van der Waals surface area contributed by atoms with E-state index in [0.717, 1.165) is 11.3 Å². The molecule has 4 aromatic rings. The van der Waals surface area contributed by atoms with Gasteiger partial charge < -0.3 is 10.2 Å². The Hall–Kier alpha value is -3.23. The number of oxazole rings is 1. The van der Waals surface area contributed by atoms with E-state index in [1.165, 1.54) is 10.8 Å². The molecule has 0 unspecified atom stereocenters. The highest BCUT2D eigenvalue weighted by atomic mass is 16.3. The van der Waals surface area contributed by atoms with E-state index in [-0.39, 0.29) is 5.95 Å². The molecular formula is C13H12N8O. The molecule has 0 aliphatic rings. The summed E-state index contributed by atoms with van der Waals surface area (Å²) in [5, 5.41) is 11.2. The number of nitrogens with two attached hydrogens (primary N) is 1. The minimum Gasteiger partial charge on any atom is -0.443 e. The molecule has 0 aliphatic carbocycles. The summed E-state index contributed by atoms with van der Waals surface area (Å²) in [7, 11) is 0. The Balaban J connectivity index is 1.85. The van der Waals surface area contributed by atoms with Crippen molar-refractivity contribution in [3.8, 4) is 11.6 Å². The molecule has 0 saturated heterocycles. The fourth-order valence-electron chi connectivity index (χ4n) is 2.29. The fourth-order valence-corrected chi connectivity index (χ4v) is 2.29. The van der Waals surface area contributed by atoms with Crippen LogP contribution in [0.4, 0.5) is 5.95 Å². The van der Waals surface area contributed by atoms with Gasteiger partial charge in [0.2, 0.25) is 11.8 Å². The van der Waals surface area contributed by atoms with Gasteiger partial charge >= 0.3 is 0 Å². The van der Waals surface area contributed by atoms with Crippen molar-refractivity contribution in [1.82, 2.24) is 34.8 Å². The smallest absolute Gasteiger partial charge is 0.245 e. The number of nitrogens with zero attached hydrogens (tertiary/aromatic N) is 6. The highest BCUT2D eigenvalue weighted by Crippen LogP contribution is 2.24. The average molecular weight is 296 g/mol. The second kappa shape index (κ2) is 4.65. The molecule has 0 atom stereocenters. The summed E-state index contributed by atoms with van der Waals surface area (Å²) in [6, 6.07) is 1.87. The maximum Gasteiger partial charge on any atom is 0.245 e. The average Bonchev–Trinajstić information content (AvgIpc) is 3.23. The second-order valence-electron chi connectivity index (χ2n) is 4.80. The van der Waals surface area contributed by atoms with E-state index >= 15 is 0 Å². The van der Waals surface area contributed by atoms with E-state index in [1.807, 2.05) is 13.0 Å². The quantitative estimate of drug-likeness (QED) is 0.577. The summed E-state index contributed by atoms with van der Waals surface area (Å²) in [4.78, 5) is 13.0. The van der Waals surface area contributed by atoms with E-state index in [1.54, 1.807) is 12.4 Å². The number of fused-ring (bicyclic) bond motifs is 1. The summed E-state index contributed by atoms with van der Waals surface area (Å²) >= 11 is 0. The summed E-state index contributed by atoms with van der Waals surface area (Å²) in [6.45, 7) is 1.88. The summed E-state index contributed by atoms with van der Waals surface area (Å²) in [5.74, 6) is 1.27. The van der Waals surface area contributed by atoms with Crippen molar-refractivity contribution in [3.63, 3.8) is 0 Å². The van der Waals surface area contributed by atoms with Gasteiger partial charge in [0.15, 0.2) is 11.5 Å². The van der Waals surface area contributed by atoms with Gasteiger partial charge in [0, 0.05) is 17.5 Å². The van der Waals surface area contributed by atoms with Crippen LogP contribution in [0.25, 0.3) is 17.2 Å². The van der Waals surface area contributed by atoms with Crippen molar-refractivity contribution >= 4 is 11.6 Å². The third kappa shape index (κ3) is 1.91. The molecule has 4 aromatic heterocycles. The number of nitrogen functional groups attached to an aromatic ring is 1. The van der Waals surface area contributed by atoms with E-state index in [4.69, 9.17) is 10.2 Å². The van der Waals surface area contributed by atoms with Gasteiger partial charge in [-0.1, -0.05) is 0 Å². The van der Waals surface area contributed by atoms with E-state index < -0.39 is 0 Å². The van der Waals surface area contributed by atoms with Crippen LogP contribution in [-0.4, -0.2) is 34.8 Å². The van der Waals surface area contributed by atoms with Gasteiger partial charge in [-0.2, -0.15) is 9.61 Å². The van der Waals surface area contributed by atoms with E-state index in [9.17, 15) is 0 Å². The molecule has 0 saturated carbocycles. The lowest BCUT2D eigenvalue weighted by Gasteiger charge is -2.04. The maximum atomic E-state index is 5.98. The van der Waals surface area contributed by atoms with Crippen molar-refractivity contribution in [2.75, 3.05) is 5.73 Å². The van der Waals surface area contributed by atoms with Crippen LogP contribution in [0.15, 0.2) is 29.1 Å². The first-order chi connectivity index (χ1) is 10.7. The number of rotatable bonds is 3. The zero-order valence-corrected chi connectivity index (χ0v) is 11.7. The molecule has 110 valence electrons. The minimum atomic E-state index is 0.233. The molecule has 0 fully saturated rings. The molecule has 0 aromatic carbocycles. The van der Waals surface area contributed by atoms with Gasteiger partial charge in [-0.05, 0) is 13.0 Å². The molecular weight excluding hydrogens is 284 g/mol. The summed E-state index contributed by atoms with van der Waals surface area (Å²) < 4.78 is 6.82. The molecule has 9 heteroatoms. The number of aromatic amines is 1. The first-order valence-electron chi connectivity index (χ1n) is 6.62. The number of hydrogen-bond donors (Lipinski definition) is 2. The molecule has 4 heterocycles. The van der Waals surface area contributed by atoms with Gasteiger partial charge in [-0.15, -0.1) is 5.10 Å². The molecule has 0 bridgehead atoms. The lowest BCUT2D eigenvalue weighted by molar-refractivity contribution is 0.571. The highest BCUT2D eigenvalue weighted by Gasteiger charge is 2.17. The number of anilines is 1. The number of nitrogens with one attached hydrogen (secondary N) is 1. The molecule has 4 rings (SSSR count). The lowest BCUT2D eigenvalue weighted by Crippen LogP contribution is -2.05. The van der Waals surface area contributed by atoms with Gasteiger partial charge in [0.1, 0.15) is 12.0 Å². The van der Waals surface area contributed by atoms with E-state index in [2.05, 4.69) is 30.2 Å². The van der Waals surface area contributed by atoms with Crippen LogP contribution in [0.2, 0.25) is 0 Å². The molecule has 3 N–H and O–H groups in total. The Labute approximate surface area is 124 Å². The predicted octanol–water partition coefficient (Wildman–Crippen LogP) is 0.984. The molecule has 0 spiro atoms. The van der Waals surface area contributed by atoms with Crippen LogP contribution < -0.4 is 5.73 Å². The van der Waals surface area contributed by atoms with Gasteiger partial charge in [0.25, 0.3) is 0 Å². The van der Waals surface area contributed by atoms with Crippen LogP contribution in [-0.2, 0) is 6.42 Å². The van der Waals surface area contributed by atoms with Gasteiger partial charge in [-0.3, -0.25) is 5.10 Å². The minimum absolute atomic E-state index is 0.233. The Kier molecular flexibility index (Phi) is 2.65.